The summed E-state index contributed by atoms with van der Waals surface area (Å²) in [7, 11) is 0. The average molecular weight is 305 g/mol. The van der Waals surface area contributed by atoms with Crippen LogP contribution < -0.4 is 5.32 Å². The molecule has 0 unspecified atom stereocenters. The first-order chi connectivity index (χ1) is 9.99. The van der Waals surface area contributed by atoms with Gasteiger partial charge in [-0.2, -0.15) is 0 Å². The van der Waals surface area contributed by atoms with E-state index in [1.165, 1.54) is 0 Å². The van der Waals surface area contributed by atoms with Gasteiger partial charge in [0.15, 0.2) is 0 Å². The number of aromatic carboxylic acids is 1. The minimum absolute atomic E-state index is 0.119. The molecule has 2 rings (SSSR count). The molecule has 0 saturated carbocycles. The lowest BCUT2D eigenvalue weighted by Crippen LogP contribution is -2.34. The van der Waals surface area contributed by atoms with Crippen LogP contribution in [-0.2, 0) is 10.2 Å². The van der Waals surface area contributed by atoms with Crippen molar-refractivity contribution in [2.24, 2.45) is 0 Å². The summed E-state index contributed by atoms with van der Waals surface area (Å²) in [5.74, 6) is -0.969. The first-order valence-corrected chi connectivity index (χ1v) is 7.37. The van der Waals surface area contributed by atoms with Crippen molar-refractivity contribution in [3.8, 4) is 0 Å². The summed E-state index contributed by atoms with van der Waals surface area (Å²) >= 11 is 0. The SMILES string of the molecule is CC(C)(C)OC(=O)N[C@@H]1CC(C)(C)c2ccc(C(=O)O)cc21. The van der Waals surface area contributed by atoms with Gasteiger partial charge in [0, 0.05) is 0 Å². The number of fused-ring (bicyclic) bond motifs is 1. The minimum Gasteiger partial charge on any atom is -0.478 e. The molecule has 0 fully saturated rings. The standard InChI is InChI=1S/C17H23NO4/c1-16(2,3)22-15(21)18-13-9-17(4,5)12-7-6-10(14(19)20)8-11(12)13/h6-8,13H,9H2,1-5H3,(H,18,21)(H,19,20)/t13-/m1/s1. The molecule has 0 spiro atoms. The molecule has 0 bridgehead atoms. The first-order valence-electron chi connectivity index (χ1n) is 7.37. The summed E-state index contributed by atoms with van der Waals surface area (Å²) in [5.41, 5.74) is 1.47. The predicted molar refractivity (Wildman–Crippen MR) is 83.2 cm³/mol. The number of carboxylic acids is 1. The molecule has 1 amide bonds. The minimum atomic E-state index is -0.969. The van der Waals surface area contributed by atoms with E-state index >= 15 is 0 Å². The summed E-state index contributed by atoms with van der Waals surface area (Å²) < 4.78 is 5.29. The van der Waals surface area contributed by atoms with E-state index in [4.69, 9.17) is 9.84 Å². The Morgan fingerprint density at radius 2 is 1.95 bits per heavy atom. The molecule has 0 aliphatic heterocycles. The van der Waals surface area contributed by atoms with E-state index in [0.717, 1.165) is 11.1 Å². The Bertz CT molecular complexity index is 614. The molecule has 2 N–H and O–H groups in total. The number of carboxylic acid groups (broad SMARTS) is 1. The van der Waals surface area contributed by atoms with E-state index in [1.807, 2.05) is 26.8 Å². The van der Waals surface area contributed by atoms with Gasteiger partial charge in [0.05, 0.1) is 11.6 Å². The summed E-state index contributed by atoms with van der Waals surface area (Å²) in [5, 5.41) is 12.0. The third-order valence-electron chi connectivity index (χ3n) is 3.81. The number of amides is 1. The van der Waals surface area contributed by atoms with Crippen LogP contribution in [0.1, 0.15) is 68.6 Å². The van der Waals surface area contributed by atoms with Crippen molar-refractivity contribution in [3.63, 3.8) is 0 Å². The van der Waals surface area contributed by atoms with E-state index in [1.54, 1.807) is 12.1 Å². The van der Waals surface area contributed by atoms with Gasteiger partial charge in [-0.1, -0.05) is 19.9 Å². The number of nitrogens with one attached hydrogen (secondary N) is 1. The van der Waals surface area contributed by atoms with Gasteiger partial charge >= 0.3 is 12.1 Å². The molecule has 1 aromatic rings. The molecule has 1 aromatic carbocycles. The molecule has 5 heteroatoms. The highest BCUT2D eigenvalue weighted by Crippen LogP contribution is 2.44. The summed E-state index contributed by atoms with van der Waals surface area (Å²) in [4.78, 5) is 23.2. The van der Waals surface area contributed by atoms with Crippen LogP contribution in [0.25, 0.3) is 0 Å². The van der Waals surface area contributed by atoms with E-state index in [9.17, 15) is 9.59 Å². The summed E-state index contributed by atoms with van der Waals surface area (Å²) in [6, 6.07) is 4.86. The van der Waals surface area contributed by atoms with Crippen LogP contribution in [0.5, 0.6) is 0 Å². The van der Waals surface area contributed by atoms with Crippen molar-refractivity contribution in [2.45, 2.75) is 58.1 Å². The summed E-state index contributed by atoms with van der Waals surface area (Å²) in [6.07, 6.45) is 0.229. The van der Waals surface area contributed by atoms with Crippen molar-refractivity contribution in [1.29, 1.82) is 0 Å². The zero-order valence-electron chi connectivity index (χ0n) is 13.7. The van der Waals surface area contributed by atoms with E-state index in [-0.39, 0.29) is 17.0 Å². The van der Waals surface area contributed by atoms with Crippen molar-refractivity contribution >= 4 is 12.1 Å². The molecular formula is C17H23NO4. The van der Waals surface area contributed by atoms with Gasteiger partial charge in [-0.3, -0.25) is 0 Å². The maximum atomic E-state index is 12.0. The third kappa shape index (κ3) is 3.40. The molecular weight excluding hydrogens is 282 g/mol. The molecule has 1 aliphatic rings. The van der Waals surface area contributed by atoms with Crippen molar-refractivity contribution < 1.29 is 19.4 Å². The number of rotatable bonds is 2. The van der Waals surface area contributed by atoms with E-state index in [0.29, 0.717) is 6.42 Å². The first kappa shape index (κ1) is 16.3. The van der Waals surface area contributed by atoms with Crippen LogP contribution in [0.2, 0.25) is 0 Å². The lowest BCUT2D eigenvalue weighted by atomic mass is 9.86. The molecule has 0 aromatic heterocycles. The lowest BCUT2D eigenvalue weighted by Gasteiger charge is -2.23. The van der Waals surface area contributed by atoms with Crippen LogP contribution >= 0.6 is 0 Å². The number of hydrogen-bond acceptors (Lipinski definition) is 3. The van der Waals surface area contributed by atoms with Crippen molar-refractivity contribution in [1.82, 2.24) is 5.32 Å². The van der Waals surface area contributed by atoms with Crippen molar-refractivity contribution in [3.05, 3.63) is 34.9 Å². The predicted octanol–water partition coefficient (Wildman–Crippen LogP) is 3.63. The second-order valence-corrected chi connectivity index (χ2v) is 7.39. The fraction of sp³-hybridized carbons (Fsp3) is 0.529. The van der Waals surface area contributed by atoms with Crippen LogP contribution in [0.4, 0.5) is 4.79 Å². The topological polar surface area (TPSA) is 75.6 Å². The second kappa shape index (κ2) is 5.30. The molecule has 5 nitrogen and oxygen atoms in total. The molecule has 1 aliphatic carbocycles. The molecule has 0 saturated heterocycles. The Balaban J connectivity index is 2.28. The smallest absolute Gasteiger partial charge is 0.408 e. The van der Waals surface area contributed by atoms with Crippen LogP contribution in [-0.4, -0.2) is 22.8 Å². The number of carbonyl (C=O) groups is 2. The Morgan fingerprint density at radius 3 is 2.50 bits per heavy atom. The number of ether oxygens (including phenoxy) is 1. The van der Waals surface area contributed by atoms with Gasteiger partial charge in [-0.25, -0.2) is 9.59 Å². The third-order valence-corrected chi connectivity index (χ3v) is 3.81. The largest absolute Gasteiger partial charge is 0.478 e. The number of carbonyl (C=O) groups excluding carboxylic acids is 1. The zero-order chi connectivity index (χ0) is 16.7. The fourth-order valence-corrected chi connectivity index (χ4v) is 2.91. The lowest BCUT2D eigenvalue weighted by molar-refractivity contribution is 0.0500. The van der Waals surface area contributed by atoms with Crippen molar-refractivity contribution in [2.75, 3.05) is 0 Å². The molecule has 0 radical (unpaired) electrons. The maximum absolute atomic E-state index is 12.0. The maximum Gasteiger partial charge on any atom is 0.408 e. The Kier molecular flexibility index (Phi) is 3.94. The van der Waals surface area contributed by atoms with Crippen LogP contribution in [0.15, 0.2) is 18.2 Å². The highest BCUT2D eigenvalue weighted by Gasteiger charge is 2.38. The molecule has 120 valence electrons. The second-order valence-electron chi connectivity index (χ2n) is 7.39. The van der Waals surface area contributed by atoms with Crippen LogP contribution in [0.3, 0.4) is 0 Å². The Hall–Kier alpha value is -2.04. The average Bonchev–Trinajstić information content (AvgIpc) is 2.58. The Morgan fingerprint density at radius 1 is 1.32 bits per heavy atom. The van der Waals surface area contributed by atoms with Gasteiger partial charge in [0.25, 0.3) is 0 Å². The molecule has 0 heterocycles. The monoisotopic (exact) mass is 305 g/mol. The van der Waals surface area contributed by atoms with Crippen LogP contribution in [0, 0.1) is 0 Å². The number of alkyl carbamates (subject to hydrolysis) is 1. The van der Waals surface area contributed by atoms with E-state index < -0.39 is 17.7 Å². The molecule has 22 heavy (non-hydrogen) atoms. The number of benzene rings is 1. The molecule has 1 atom stereocenters. The van der Waals surface area contributed by atoms with Gasteiger partial charge in [0.1, 0.15) is 5.60 Å². The Labute approximate surface area is 130 Å². The zero-order valence-corrected chi connectivity index (χ0v) is 13.7. The normalized spacial score (nSPS) is 19.4. The highest BCUT2D eigenvalue weighted by atomic mass is 16.6. The van der Waals surface area contributed by atoms with Gasteiger partial charge in [-0.05, 0) is 55.9 Å². The number of hydrogen-bond donors (Lipinski definition) is 2. The highest BCUT2D eigenvalue weighted by molar-refractivity contribution is 5.88. The van der Waals surface area contributed by atoms with Gasteiger partial charge < -0.3 is 15.2 Å². The van der Waals surface area contributed by atoms with Gasteiger partial charge in [0.2, 0.25) is 0 Å². The fourth-order valence-electron chi connectivity index (χ4n) is 2.91. The quantitative estimate of drug-likeness (QED) is 0.874. The van der Waals surface area contributed by atoms with Gasteiger partial charge in [-0.15, -0.1) is 0 Å². The summed E-state index contributed by atoms with van der Waals surface area (Å²) in [6.45, 7) is 9.59. The van der Waals surface area contributed by atoms with E-state index in [2.05, 4.69) is 19.2 Å².